The summed E-state index contributed by atoms with van der Waals surface area (Å²) in [5.74, 6) is -0.402. The molecule has 1 aromatic rings. The maximum absolute atomic E-state index is 12.1. The van der Waals surface area contributed by atoms with Crippen LogP contribution in [0.15, 0.2) is 18.2 Å². The number of benzene rings is 1. The third-order valence-electron chi connectivity index (χ3n) is 3.19. The smallest absolute Gasteiger partial charge is 0.253 e. The molecule has 0 atom stereocenters. The van der Waals surface area contributed by atoms with Crippen LogP contribution in [0.2, 0.25) is 0 Å². The van der Waals surface area contributed by atoms with Gasteiger partial charge in [-0.2, -0.15) is 0 Å². The van der Waals surface area contributed by atoms with Crippen LogP contribution in [0.4, 0.5) is 11.4 Å². The van der Waals surface area contributed by atoms with Crippen molar-refractivity contribution in [2.75, 3.05) is 30.3 Å². The van der Waals surface area contributed by atoms with Crippen LogP contribution < -0.4 is 21.7 Å². The van der Waals surface area contributed by atoms with Crippen LogP contribution in [0, 0.1) is 0 Å². The van der Waals surface area contributed by atoms with Gasteiger partial charge < -0.3 is 21.7 Å². The van der Waals surface area contributed by atoms with E-state index in [1.165, 1.54) is 0 Å². The summed E-state index contributed by atoms with van der Waals surface area (Å²) in [7, 11) is 0. The van der Waals surface area contributed by atoms with Gasteiger partial charge in [-0.05, 0) is 25.0 Å². The summed E-state index contributed by atoms with van der Waals surface area (Å²) >= 11 is 0. The molecule has 5 N–H and O–H groups in total. The highest BCUT2D eigenvalue weighted by Gasteiger charge is 2.16. The Morgan fingerprint density at radius 2 is 2.00 bits per heavy atom. The molecule has 0 spiro atoms. The molecule has 0 unspecified atom stereocenters. The summed E-state index contributed by atoms with van der Waals surface area (Å²) < 4.78 is 0. The Morgan fingerprint density at radius 1 is 1.20 bits per heavy atom. The highest BCUT2D eigenvalue weighted by Crippen LogP contribution is 2.28. The summed E-state index contributed by atoms with van der Waals surface area (Å²) in [5.41, 5.74) is 7.51. The van der Waals surface area contributed by atoms with Crippen molar-refractivity contribution in [2.45, 2.75) is 19.3 Å². The number of rotatable bonds is 6. The summed E-state index contributed by atoms with van der Waals surface area (Å²) in [6, 6.07) is 5.61. The van der Waals surface area contributed by atoms with E-state index in [1.54, 1.807) is 6.07 Å². The van der Waals surface area contributed by atoms with Crippen molar-refractivity contribution in [1.29, 1.82) is 0 Å². The van der Waals surface area contributed by atoms with Crippen molar-refractivity contribution >= 4 is 23.2 Å². The van der Waals surface area contributed by atoms with Crippen molar-refractivity contribution in [3.63, 3.8) is 0 Å². The lowest BCUT2D eigenvalue weighted by Gasteiger charge is -2.22. The molecule has 0 saturated carbocycles. The molecule has 2 rings (SSSR count). The topological polar surface area (TPSA) is 96.2 Å². The number of primary amides is 1. The molecule has 0 bridgehead atoms. The normalized spacial score (nSPS) is 12.8. The van der Waals surface area contributed by atoms with Gasteiger partial charge in [-0.15, -0.1) is 0 Å². The fourth-order valence-corrected chi connectivity index (χ4v) is 2.19. The largest absolute Gasteiger partial charge is 0.382 e. The fraction of sp³-hybridized carbons (Fsp3) is 0.429. The number of carbonyl (C=O) groups is 2. The summed E-state index contributed by atoms with van der Waals surface area (Å²) in [6.07, 6.45) is 1.81. The minimum Gasteiger partial charge on any atom is -0.382 e. The first kappa shape index (κ1) is 14.2. The Labute approximate surface area is 118 Å². The first-order valence-electron chi connectivity index (χ1n) is 6.86. The van der Waals surface area contributed by atoms with E-state index in [0.717, 1.165) is 30.9 Å². The third kappa shape index (κ3) is 3.63. The average molecular weight is 276 g/mol. The van der Waals surface area contributed by atoms with Crippen molar-refractivity contribution in [1.82, 2.24) is 5.32 Å². The number of nitrogens with one attached hydrogen (secondary N) is 3. The number of anilines is 2. The molecular weight excluding hydrogens is 256 g/mol. The molecule has 20 heavy (non-hydrogen) atoms. The van der Waals surface area contributed by atoms with Gasteiger partial charge in [-0.25, -0.2) is 0 Å². The number of amides is 2. The van der Waals surface area contributed by atoms with Crippen LogP contribution in [0.3, 0.4) is 0 Å². The van der Waals surface area contributed by atoms with Crippen molar-refractivity contribution in [3.8, 4) is 0 Å². The summed E-state index contributed by atoms with van der Waals surface area (Å²) in [5, 5.41) is 9.36. The van der Waals surface area contributed by atoms with Gasteiger partial charge in [0.15, 0.2) is 0 Å². The molecule has 1 aliphatic rings. The number of para-hydroxylation sites is 1. The number of hydrogen-bond donors (Lipinski definition) is 4. The highest BCUT2D eigenvalue weighted by molar-refractivity contribution is 6.02. The zero-order chi connectivity index (χ0) is 14.4. The molecule has 6 heteroatoms. The first-order valence-corrected chi connectivity index (χ1v) is 6.86. The van der Waals surface area contributed by atoms with Crippen molar-refractivity contribution < 1.29 is 9.59 Å². The number of fused-ring (bicyclic) bond motifs is 1. The molecule has 0 saturated heterocycles. The Bertz CT molecular complexity index is 502. The molecule has 2 amide bonds. The van der Waals surface area contributed by atoms with E-state index < -0.39 is 0 Å². The van der Waals surface area contributed by atoms with E-state index in [9.17, 15) is 9.59 Å². The minimum atomic E-state index is -0.302. The third-order valence-corrected chi connectivity index (χ3v) is 3.19. The molecule has 1 heterocycles. The SMILES string of the molecule is NC(=O)CCCCNC(=O)c1cccc2c1NCCN2. The molecule has 0 aliphatic carbocycles. The average Bonchev–Trinajstić information content (AvgIpc) is 2.45. The summed E-state index contributed by atoms with van der Waals surface area (Å²) in [6.45, 7) is 2.20. The highest BCUT2D eigenvalue weighted by atomic mass is 16.2. The van der Waals surface area contributed by atoms with Gasteiger partial charge in [-0.1, -0.05) is 6.07 Å². The van der Waals surface area contributed by atoms with Gasteiger partial charge >= 0.3 is 0 Å². The van der Waals surface area contributed by atoms with Gasteiger partial charge in [0.25, 0.3) is 5.91 Å². The fourth-order valence-electron chi connectivity index (χ4n) is 2.19. The Kier molecular flexibility index (Phi) is 4.81. The van der Waals surface area contributed by atoms with Crippen molar-refractivity contribution in [2.24, 2.45) is 5.73 Å². The maximum Gasteiger partial charge on any atom is 0.253 e. The van der Waals surface area contributed by atoms with Gasteiger partial charge in [0.2, 0.25) is 5.91 Å². The molecule has 0 fully saturated rings. The van der Waals surface area contributed by atoms with Crippen LogP contribution >= 0.6 is 0 Å². The van der Waals surface area contributed by atoms with E-state index in [4.69, 9.17) is 5.73 Å². The van der Waals surface area contributed by atoms with Crippen molar-refractivity contribution in [3.05, 3.63) is 23.8 Å². The van der Waals surface area contributed by atoms with Gasteiger partial charge in [0.05, 0.1) is 16.9 Å². The van der Waals surface area contributed by atoms with Crippen LogP contribution in [-0.4, -0.2) is 31.4 Å². The monoisotopic (exact) mass is 276 g/mol. The number of carbonyl (C=O) groups excluding carboxylic acids is 2. The van der Waals surface area contributed by atoms with E-state index in [0.29, 0.717) is 24.9 Å². The van der Waals surface area contributed by atoms with E-state index in [2.05, 4.69) is 16.0 Å². The Hall–Kier alpha value is -2.24. The van der Waals surface area contributed by atoms with Gasteiger partial charge in [0, 0.05) is 26.1 Å². The number of unbranched alkanes of at least 4 members (excludes halogenated alkanes) is 1. The van der Waals surface area contributed by atoms with Gasteiger partial charge in [0.1, 0.15) is 0 Å². The van der Waals surface area contributed by atoms with Crippen LogP contribution in [0.25, 0.3) is 0 Å². The molecule has 0 radical (unpaired) electrons. The second kappa shape index (κ2) is 6.79. The molecule has 1 aromatic carbocycles. The van der Waals surface area contributed by atoms with E-state index in [-0.39, 0.29) is 11.8 Å². The molecule has 108 valence electrons. The quantitative estimate of drug-likeness (QED) is 0.581. The first-order chi connectivity index (χ1) is 9.68. The van der Waals surface area contributed by atoms with Crippen LogP contribution in [-0.2, 0) is 4.79 Å². The lowest BCUT2D eigenvalue weighted by molar-refractivity contribution is -0.118. The predicted molar refractivity (Wildman–Crippen MR) is 78.8 cm³/mol. The lowest BCUT2D eigenvalue weighted by Crippen LogP contribution is -2.28. The van der Waals surface area contributed by atoms with Crippen LogP contribution in [0.1, 0.15) is 29.6 Å². The molecule has 6 nitrogen and oxygen atoms in total. The zero-order valence-electron chi connectivity index (χ0n) is 11.4. The van der Waals surface area contributed by atoms with E-state index in [1.807, 2.05) is 12.1 Å². The minimum absolute atomic E-state index is 0.0999. The Balaban J connectivity index is 1.88. The standard InChI is InChI=1S/C14H20N4O2/c15-12(19)6-1-2-7-18-14(20)10-4-3-5-11-13(10)17-9-8-16-11/h3-5,16-17H,1-2,6-9H2,(H2,15,19)(H,18,20). The van der Waals surface area contributed by atoms with E-state index >= 15 is 0 Å². The Morgan fingerprint density at radius 3 is 2.80 bits per heavy atom. The molecule has 1 aliphatic heterocycles. The second-order valence-corrected chi connectivity index (χ2v) is 4.76. The predicted octanol–water partition coefficient (Wildman–Crippen LogP) is 0.909. The van der Waals surface area contributed by atoms with Gasteiger partial charge in [-0.3, -0.25) is 9.59 Å². The molecule has 0 aromatic heterocycles. The number of hydrogen-bond acceptors (Lipinski definition) is 4. The lowest BCUT2D eigenvalue weighted by atomic mass is 10.1. The second-order valence-electron chi connectivity index (χ2n) is 4.76. The summed E-state index contributed by atoms with van der Waals surface area (Å²) in [4.78, 5) is 22.7. The molecular formula is C14H20N4O2. The van der Waals surface area contributed by atoms with Crippen LogP contribution in [0.5, 0.6) is 0 Å². The zero-order valence-corrected chi connectivity index (χ0v) is 11.4. The number of nitrogens with two attached hydrogens (primary N) is 1. The maximum atomic E-state index is 12.1.